The summed E-state index contributed by atoms with van der Waals surface area (Å²) in [5, 5.41) is 18.8. The van der Waals surface area contributed by atoms with Crippen LogP contribution in [0.4, 0.5) is 15.2 Å². The van der Waals surface area contributed by atoms with Crippen LogP contribution in [0.5, 0.6) is 0 Å². The number of nitrogens with zero attached hydrogens (tertiary/aromatic N) is 5. The number of benzene rings is 2. The Morgan fingerprint density at radius 1 is 1.06 bits per heavy atom. The van der Waals surface area contributed by atoms with Crippen molar-refractivity contribution in [2.75, 3.05) is 5.32 Å². The standard InChI is InChI=1S/C22H12ClFN6O3S/c23-13-3-1-12(2-4-13)19-26-20(28-22(31)17-9-10-18(34-17)30(32)33)16-11-25-29(21(16)27-19)15-7-5-14(24)6-8-15/h1-11H,(H,26,27,28,31). The molecule has 0 radical (unpaired) electrons. The van der Waals surface area contributed by atoms with Crippen LogP contribution >= 0.6 is 22.9 Å². The lowest BCUT2D eigenvalue weighted by Gasteiger charge is -2.09. The van der Waals surface area contributed by atoms with E-state index in [4.69, 9.17) is 11.6 Å². The molecule has 1 N–H and O–H groups in total. The van der Waals surface area contributed by atoms with Crippen LogP contribution < -0.4 is 5.32 Å². The summed E-state index contributed by atoms with van der Waals surface area (Å²) in [5.41, 5.74) is 1.57. The van der Waals surface area contributed by atoms with Gasteiger partial charge in [0.2, 0.25) is 0 Å². The van der Waals surface area contributed by atoms with Gasteiger partial charge in [0.15, 0.2) is 11.5 Å². The lowest BCUT2D eigenvalue weighted by atomic mass is 10.2. The maximum atomic E-state index is 13.4. The Bertz CT molecular complexity index is 1550. The Morgan fingerprint density at radius 2 is 1.79 bits per heavy atom. The third-order valence-electron chi connectivity index (χ3n) is 4.83. The molecule has 1 amide bonds. The average Bonchev–Trinajstić information content (AvgIpc) is 3.48. The maximum Gasteiger partial charge on any atom is 0.324 e. The molecule has 0 spiro atoms. The Balaban J connectivity index is 1.63. The van der Waals surface area contributed by atoms with Crippen LogP contribution in [0.1, 0.15) is 9.67 Å². The Kier molecular flexibility index (Phi) is 5.48. The van der Waals surface area contributed by atoms with Crippen molar-refractivity contribution in [2.24, 2.45) is 0 Å². The zero-order valence-corrected chi connectivity index (χ0v) is 18.5. The molecule has 168 valence electrons. The summed E-state index contributed by atoms with van der Waals surface area (Å²) < 4.78 is 14.9. The topological polar surface area (TPSA) is 116 Å². The molecule has 0 atom stereocenters. The molecule has 0 saturated carbocycles. The van der Waals surface area contributed by atoms with E-state index in [1.807, 2.05) is 0 Å². The van der Waals surface area contributed by atoms with Crippen molar-refractivity contribution in [3.05, 3.63) is 92.7 Å². The number of halogens is 2. The van der Waals surface area contributed by atoms with Gasteiger partial charge in [0.1, 0.15) is 11.6 Å². The number of carbonyl (C=O) groups is 1. The van der Waals surface area contributed by atoms with Crippen LogP contribution in [0.2, 0.25) is 5.02 Å². The van der Waals surface area contributed by atoms with Gasteiger partial charge in [0.05, 0.1) is 27.1 Å². The minimum Gasteiger partial charge on any atom is -0.305 e. The van der Waals surface area contributed by atoms with Crippen LogP contribution in [0, 0.1) is 15.9 Å². The molecule has 34 heavy (non-hydrogen) atoms. The fourth-order valence-corrected chi connectivity index (χ4v) is 4.06. The van der Waals surface area contributed by atoms with E-state index in [9.17, 15) is 19.3 Å². The first kappa shape index (κ1) is 21.6. The quantitative estimate of drug-likeness (QED) is 0.255. The number of rotatable bonds is 5. The number of hydrogen-bond donors (Lipinski definition) is 1. The van der Waals surface area contributed by atoms with Gasteiger partial charge in [-0.25, -0.2) is 19.0 Å². The van der Waals surface area contributed by atoms with E-state index < -0.39 is 16.6 Å². The predicted molar refractivity (Wildman–Crippen MR) is 126 cm³/mol. The number of carbonyl (C=O) groups excluding carboxylic acids is 1. The highest BCUT2D eigenvalue weighted by atomic mass is 35.5. The third-order valence-corrected chi connectivity index (χ3v) is 6.12. The molecular formula is C22H12ClFN6O3S. The van der Waals surface area contributed by atoms with Crippen LogP contribution in [-0.2, 0) is 0 Å². The molecule has 3 aromatic heterocycles. The number of aromatic nitrogens is 4. The second-order valence-corrected chi connectivity index (χ2v) is 8.52. The van der Waals surface area contributed by atoms with Gasteiger partial charge in [-0.05, 0) is 54.6 Å². The van der Waals surface area contributed by atoms with Crippen LogP contribution in [-0.4, -0.2) is 30.6 Å². The van der Waals surface area contributed by atoms with Gasteiger partial charge in [-0.15, -0.1) is 0 Å². The number of nitro groups is 1. The van der Waals surface area contributed by atoms with Crippen molar-refractivity contribution in [1.29, 1.82) is 0 Å². The Labute approximate surface area is 199 Å². The molecule has 5 aromatic rings. The highest BCUT2D eigenvalue weighted by molar-refractivity contribution is 7.17. The maximum absolute atomic E-state index is 13.4. The number of thiophene rings is 1. The van der Waals surface area contributed by atoms with E-state index in [1.165, 1.54) is 35.1 Å². The molecule has 0 unspecified atom stereocenters. The average molecular weight is 495 g/mol. The van der Waals surface area contributed by atoms with Gasteiger partial charge < -0.3 is 5.32 Å². The third kappa shape index (κ3) is 4.09. The highest BCUT2D eigenvalue weighted by Gasteiger charge is 2.20. The van der Waals surface area contributed by atoms with E-state index in [0.29, 0.717) is 33.1 Å². The van der Waals surface area contributed by atoms with Gasteiger partial charge in [0.25, 0.3) is 5.91 Å². The van der Waals surface area contributed by atoms with Crippen molar-refractivity contribution >= 4 is 50.7 Å². The molecule has 0 fully saturated rings. The van der Waals surface area contributed by atoms with Gasteiger partial charge in [-0.3, -0.25) is 14.9 Å². The van der Waals surface area contributed by atoms with Crippen molar-refractivity contribution < 1.29 is 14.1 Å². The van der Waals surface area contributed by atoms with Gasteiger partial charge in [0, 0.05) is 16.7 Å². The molecule has 9 nitrogen and oxygen atoms in total. The molecule has 0 aliphatic carbocycles. The number of anilines is 1. The van der Waals surface area contributed by atoms with E-state index in [1.54, 1.807) is 36.4 Å². The monoisotopic (exact) mass is 494 g/mol. The van der Waals surface area contributed by atoms with Crippen LogP contribution in [0.3, 0.4) is 0 Å². The summed E-state index contributed by atoms with van der Waals surface area (Å²) in [6.07, 6.45) is 1.48. The summed E-state index contributed by atoms with van der Waals surface area (Å²) in [5.74, 6) is -0.491. The SMILES string of the molecule is O=C(Nc1nc(-c2ccc(Cl)cc2)nc2c1cnn2-c1ccc(F)cc1)c1ccc([N+](=O)[O-])s1. The van der Waals surface area contributed by atoms with E-state index in [0.717, 1.165) is 11.3 Å². The largest absolute Gasteiger partial charge is 0.324 e. The summed E-state index contributed by atoms with van der Waals surface area (Å²) >= 11 is 6.75. The second-order valence-electron chi connectivity index (χ2n) is 7.02. The van der Waals surface area contributed by atoms with Gasteiger partial charge in [-0.2, -0.15) is 5.10 Å². The van der Waals surface area contributed by atoms with Crippen LogP contribution in [0.25, 0.3) is 28.1 Å². The normalized spacial score (nSPS) is 11.0. The summed E-state index contributed by atoms with van der Waals surface area (Å²) in [7, 11) is 0. The fourth-order valence-electron chi connectivity index (χ4n) is 3.22. The first-order chi connectivity index (χ1) is 16.4. The summed E-state index contributed by atoms with van der Waals surface area (Å²) in [6.45, 7) is 0. The minimum atomic E-state index is -0.560. The predicted octanol–water partition coefficient (Wildman–Crippen LogP) is 5.50. The molecule has 3 heterocycles. The number of hydrogen-bond acceptors (Lipinski definition) is 7. The highest BCUT2D eigenvalue weighted by Crippen LogP contribution is 2.29. The van der Waals surface area contributed by atoms with E-state index in [-0.39, 0.29) is 15.7 Å². The number of amides is 1. The van der Waals surface area contributed by atoms with Gasteiger partial charge >= 0.3 is 5.00 Å². The zero-order valence-electron chi connectivity index (χ0n) is 17.0. The van der Waals surface area contributed by atoms with Gasteiger partial charge in [-0.1, -0.05) is 22.9 Å². The first-order valence-corrected chi connectivity index (χ1v) is 10.9. The summed E-state index contributed by atoms with van der Waals surface area (Å²) in [4.78, 5) is 32.5. The molecule has 0 aliphatic rings. The minimum absolute atomic E-state index is 0.149. The molecule has 5 rings (SSSR count). The fraction of sp³-hybridized carbons (Fsp3) is 0. The zero-order chi connectivity index (χ0) is 23.8. The van der Waals surface area contributed by atoms with E-state index in [2.05, 4.69) is 20.4 Å². The van der Waals surface area contributed by atoms with Crippen molar-refractivity contribution in [3.63, 3.8) is 0 Å². The lowest BCUT2D eigenvalue weighted by molar-refractivity contribution is -0.380. The van der Waals surface area contributed by atoms with Crippen molar-refractivity contribution in [3.8, 4) is 17.1 Å². The molecule has 0 aliphatic heterocycles. The molecule has 12 heteroatoms. The molecule has 0 bridgehead atoms. The Hall–Kier alpha value is -4.22. The molecule has 0 saturated heterocycles. The van der Waals surface area contributed by atoms with E-state index >= 15 is 0 Å². The molecule has 2 aromatic carbocycles. The first-order valence-electron chi connectivity index (χ1n) is 9.72. The van der Waals surface area contributed by atoms with Crippen molar-refractivity contribution in [2.45, 2.75) is 0 Å². The second kappa shape index (κ2) is 8.61. The number of fused-ring (bicyclic) bond motifs is 1. The van der Waals surface area contributed by atoms with Crippen LogP contribution in [0.15, 0.2) is 66.9 Å². The Morgan fingerprint density at radius 3 is 2.47 bits per heavy atom. The summed E-state index contributed by atoms with van der Waals surface area (Å²) in [6, 6.07) is 15.2. The lowest BCUT2D eigenvalue weighted by Crippen LogP contribution is -2.12. The van der Waals surface area contributed by atoms with Crippen molar-refractivity contribution in [1.82, 2.24) is 19.7 Å². The number of nitrogens with one attached hydrogen (secondary N) is 1. The smallest absolute Gasteiger partial charge is 0.305 e. The molecular weight excluding hydrogens is 483 g/mol.